The molecule has 0 bridgehead atoms. The Kier molecular flexibility index (Phi) is 3.28. The molecule has 2 aromatic rings. The van der Waals surface area contributed by atoms with Gasteiger partial charge in [0.2, 0.25) is 5.95 Å². The summed E-state index contributed by atoms with van der Waals surface area (Å²) in [6, 6.07) is 0. The number of ether oxygens (including phenoxy) is 1. The highest BCUT2D eigenvalue weighted by atomic mass is 32.2. The number of thioether (sulfide) groups is 1. The quantitative estimate of drug-likeness (QED) is 0.513. The summed E-state index contributed by atoms with van der Waals surface area (Å²) in [5, 5.41) is 20.5. The zero-order valence-electron chi connectivity index (χ0n) is 11.0. The number of hydrogen-bond acceptors (Lipinski definition) is 8. The minimum atomic E-state index is -1.05. The molecule has 0 amide bonds. The largest absolute Gasteiger partial charge is 0.388 e. The number of aliphatic hydroxyl groups excluding tert-OH is 2. The molecule has 0 aromatic carbocycles. The van der Waals surface area contributed by atoms with Crippen molar-refractivity contribution < 1.29 is 14.9 Å². The van der Waals surface area contributed by atoms with Crippen LogP contribution in [0, 0.1) is 0 Å². The van der Waals surface area contributed by atoms with Gasteiger partial charge in [-0.2, -0.15) is 4.98 Å². The normalized spacial score (nSPS) is 30.2. The van der Waals surface area contributed by atoms with Gasteiger partial charge >= 0.3 is 0 Å². The highest BCUT2D eigenvalue weighted by Gasteiger charge is 2.42. The van der Waals surface area contributed by atoms with Crippen molar-refractivity contribution in [2.45, 2.75) is 36.5 Å². The van der Waals surface area contributed by atoms with Crippen molar-refractivity contribution in [2.24, 2.45) is 0 Å². The number of aliphatic hydroxyl groups is 2. The van der Waals surface area contributed by atoms with Crippen molar-refractivity contribution in [3.05, 3.63) is 6.33 Å². The lowest BCUT2D eigenvalue weighted by Gasteiger charge is -2.16. The highest BCUT2D eigenvalue weighted by molar-refractivity contribution is 7.98. The Bertz CT molecular complexity index is 648. The Morgan fingerprint density at radius 3 is 2.70 bits per heavy atom. The molecule has 4 N–H and O–H groups in total. The molecule has 0 radical (unpaired) electrons. The van der Waals surface area contributed by atoms with E-state index in [1.165, 1.54) is 18.1 Å². The van der Waals surface area contributed by atoms with E-state index in [0.29, 0.717) is 16.2 Å². The van der Waals surface area contributed by atoms with Gasteiger partial charge in [-0.1, -0.05) is 0 Å². The fourth-order valence-corrected chi connectivity index (χ4v) is 2.81. The van der Waals surface area contributed by atoms with Gasteiger partial charge in [-0.15, -0.1) is 11.8 Å². The third-order valence-electron chi connectivity index (χ3n) is 3.35. The number of nitrogen functional groups attached to an aromatic ring is 1. The van der Waals surface area contributed by atoms with E-state index in [4.69, 9.17) is 10.5 Å². The second kappa shape index (κ2) is 4.85. The van der Waals surface area contributed by atoms with Gasteiger partial charge in [-0.05, 0) is 13.2 Å². The van der Waals surface area contributed by atoms with Gasteiger partial charge in [0.25, 0.3) is 0 Å². The maximum atomic E-state index is 10.1. The maximum absolute atomic E-state index is 10.1. The average molecular weight is 297 g/mol. The van der Waals surface area contributed by atoms with E-state index in [9.17, 15) is 10.2 Å². The van der Waals surface area contributed by atoms with Crippen LogP contribution in [0.4, 0.5) is 5.95 Å². The first kappa shape index (κ1) is 13.6. The summed E-state index contributed by atoms with van der Waals surface area (Å²) in [6.45, 7) is 1.70. The van der Waals surface area contributed by atoms with Crippen molar-refractivity contribution in [1.29, 1.82) is 0 Å². The second-order valence-corrected chi connectivity index (χ2v) is 5.42. The summed E-state index contributed by atoms with van der Waals surface area (Å²) < 4.78 is 7.14. The number of hydrogen-bond donors (Lipinski definition) is 3. The predicted octanol–water partition coefficient (Wildman–Crippen LogP) is -0.231. The van der Waals surface area contributed by atoms with Gasteiger partial charge in [-0.3, -0.25) is 4.57 Å². The topological polar surface area (TPSA) is 119 Å². The molecular formula is C11H15N5O3S. The standard InChI is InChI=1S/C11H15N5O3S/c1-4-6(17)7(18)10(19-4)16-3-13-5-8(16)14-11(12)15-9(5)20-2/h3-4,6-7,10,17-18H,1-2H3,(H2,12,14,15)/t4-,6-,7-,10-/m1/s1. The number of aromatic nitrogens is 4. The summed E-state index contributed by atoms with van der Waals surface area (Å²) >= 11 is 1.41. The summed E-state index contributed by atoms with van der Waals surface area (Å²) in [6.07, 6.45) is 0.179. The third kappa shape index (κ3) is 1.94. The van der Waals surface area contributed by atoms with Gasteiger partial charge in [0, 0.05) is 0 Å². The average Bonchev–Trinajstić information content (AvgIpc) is 2.94. The molecule has 1 aliphatic heterocycles. The molecule has 1 saturated heterocycles. The number of anilines is 1. The van der Waals surface area contributed by atoms with Crippen molar-refractivity contribution in [2.75, 3.05) is 12.0 Å². The fraction of sp³-hybridized carbons (Fsp3) is 0.545. The monoisotopic (exact) mass is 297 g/mol. The first-order valence-electron chi connectivity index (χ1n) is 6.08. The zero-order valence-corrected chi connectivity index (χ0v) is 11.8. The molecule has 1 fully saturated rings. The lowest BCUT2D eigenvalue weighted by molar-refractivity contribution is -0.0299. The number of nitrogens with zero attached hydrogens (tertiary/aromatic N) is 4. The van der Waals surface area contributed by atoms with Crippen LogP contribution in [0.2, 0.25) is 0 Å². The number of nitrogens with two attached hydrogens (primary N) is 1. The number of rotatable bonds is 2. The Morgan fingerprint density at radius 1 is 1.35 bits per heavy atom. The van der Waals surface area contributed by atoms with Crippen LogP contribution in [-0.4, -0.2) is 54.3 Å². The van der Waals surface area contributed by atoms with Crippen molar-refractivity contribution in [3.8, 4) is 0 Å². The summed E-state index contributed by atoms with van der Waals surface area (Å²) in [5.74, 6) is 0.129. The molecule has 108 valence electrons. The molecular weight excluding hydrogens is 282 g/mol. The van der Waals surface area contributed by atoms with E-state index < -0.39 is 24.5 Å². The van der Waals surface area contributed by atoms with Crippen LogP contribution in [0.1, 0.15) is 13.2 Å². The Morgan fingerprint density at radius 2 is 2.10 bits per heavy atom. The molecule has 2 aromatic heterocycles. The molecule has 4 atom stereocenters. The Hall–Kier alpha value is -1.42. The van der Waals surface area contributed by atoms with Gasteiger partial charge < -0.3 is 20.7 Å². The molecule has 0 aliphatic carbocycles. The lowest BCUT2D eigenvalue weighted by atomic mass is 10.1. The van der Waals surface area contributed by atoms with Gasteiger partial charge in [0.05, 0.1) is 12.4 Å². The number of fused-ring (bicyclic) bond motifs is 1. The van der Waals surface area contributed by atoms with Gasteiger partial charge in [-0.25, -0.2) is 9.97 Å². The first-order chi connectivity index (χ1) is 9.52. The van der Waals surface area contributed by atoms with Crippen LogP contribution >= 0.6 is 11.8 Å². The summed E-state index contributed by atoms with van der Waals surface area (Å²) in [7, 11) is 0. The van der Waals surface area contributed by atoms with Crippen LogP contribution in [0.3, 0.4) is 0 Å². The molecule has 0 spiro atoms. The molecule has 0 unspecified atom stereocenters. The van der Waals surface area contributed by atoms with Gasteiger partial charge in [0.15, 0.2) is 11.9 Å². The van der Waals surface area contributed by atoms with Crippen molar-refractivity contribution in [1.82, 2.24) is 19.5 Å². The second-order valence-electron chi connectivity index (χ2n) is 4.63. The summed E-state index contributed by atoms with van der Waals surface area (Å²) in [4.78, 5) is 12.5. The summed E-state index contributed by atoms with van der Waals surface area (Å²) in [5.41, 5.74) is 6.76. The van der Waals surface area contributed by atoms with Crippen molar-refractivity contribution in [3.63, 3.8) is 0 Å². The minimum Gasteiger partial charge on any atom is -0.388 e. The van der Waals surface area contributed by atoms with E-state index in [1.807, 2.05) is 6.26 Å². The minimum absolute atomic E-state index is 0.129. The van der Waals surface area contributed by atoms with Crippen LogP contribution in [-0.2, 0) is 4.74 Å². The van der Waals surface area contributed by atoms with E-state index in [0.717, 1.165) is 0 Å². The van der Waals surface area contributed by atoms with Crippen LogP contribution < -0.4 is 5.73 Å². The molecule has 8 nitrogen and oxygen atoms in total. The maximum Gasteiger partial charge on any atom is 0.223 e. The van der Waals surface area contributed by atoms with Crippen molar-refractivity contribution >= 4 is 28.9 Å². The van der Waals surface area contributed by atoms with E-state index in [2.05, 4.69) is 15.0 Å². The zero-order chi connectivity index (χ0) is 14.4. The first-order valence-corrected chi connectivity index (χ1v) is 7.31. The Labute approximate surface area is 119 Å². The van der Waals surface area contributed by atoms with Crippen LogP contribution in [0.5, 0.6) is 0 Å². The molecule has 3 rings (SSSR count). The predicted molar refractivity (Wildman–Crippen MR) is 73.1 cm³/mol. The van der Waals surface area contributed by atoms with Gasteiger partial charge in [0.1, 0.15) is 22.8 Å². The smallest absolute Gasteiger partial charge is 0.223 e. The molecule has 9 heteroatoms. The van der Waals surface area contributed by atoms with Crippen LogP contribution in [0.15, 0.2) is 11.4 Å². The SMILES string of the molecule is CSc1nc(N)nc2c1ncn2[C@@H]1O[C@H](C)[C@@H](O)[C@H]1O. The number of imidazole rings is 1. The van der Waals surface area contributed by atoms with E-state index in [1.54, 1.807) is 11.5 Å². The Balaban J connectivity index is 2.11. The van der Waals surface area contributed by atoms with E-state index >= 15 is 0 Å². The third-order valence-corrected chi connectivity index (χ3v) is 4.02. The molecule has 0 saturated carbocycles. The van der Waals surface area contributed by atoms with E-state index in [-0.39, 0.29) is 5.95 Å². The molecule has 3 heterocycles. The lowest BCUT2D eigenvalue weighted by Crippen LogP contribution is -2.30. The molecule has 1 aliphatic rings. The molecule has 20 heavy (non-hydrogen) atoms. The van der Waals surface area contributed by atoms with Crippen LogP contribution in [0.25, 0.3) is 11.2 Å². The highest BCUT2D eigenvalue weighted by Crippen LogP contribution is 2.32. The fourth-order valence-electron chi connectivity index (χ4n) is 2.29.